The molecule has 110 valence electrons. The van der Waals surface area contributed by atoms with Crippen molar-refractivity contribution >= 4 is 26.7 Å². The van der Waals surface area contributed by atoms with E-state index >= 15 is 0 Å². The zero-order valence-corrected chi connectivity index (χ0v) is 12.6. The molecular weight excluding hydrogens is 290 g/mol. The van der Waals surface area contributed by atoms with Gasteiger partial charge in [-0.25, -0.2) is 13.2 Å². The lowest BCUT2D eigenvalue weighted by atomic mass is 9.95. The van der Waals surface area contributed by atoms with Crippen LogP contribution in [0.5, 0.6) is 0 Å². The second-order valence-corrected chi connectivity index (χ2v) is 7.67. The van der Waals surface area contributed by atoms with Crippen LogP contribution in [0.4, 0.5) is 0 Å². The number of nitrogens with zero attached hydrogens (tertiary/aromatic N) is 1. The number of aryl methyl sites for hydroxylation is 3. The predicted octanol–water partition coefficient (Wildman–Crippen LogP) is 2.02. The number of hydrogen-bond donors (Lipinski definition) is 1. The zero-order valence-electron chi connectivity index (χ0n) is 11.8. The molecule has 21 heavy (non-hydrogen) atoms. The molecule has 1 aromatic heterocycles. The Morgan fingerprint density at radius 2 is 1.90 bits per heavy atom. The van der Waals surface area contributed by atoms with E-state index in [1.54, 1.807) is 0 Å². The molecule has 5 nitrogen and oxygen atoms in total. The maximum Gasteiger partial charge on any atom is 0.336 e. The fourth-order valence-electron chi connectivity index (χ4n) is 2.90. The third-order valence-corrected chi connectivity index (χ3v) is 5.52. The normalized spacial score (nSPS) is 16.7. The first-order chi connectivity index (χ1) is 9.80. The van der Waals surface area contributed by atoms with Gasteiger partial charge < -0.3 is 5.11 Å². The summed E-state index contributed by atoms with van der Waals surface area (Å²) in [6.07, 6.45) is 0.279. The predicted molar refractivity (Wildman–Crippen MR) is 79.4 cm³/mol. The van der Waals surface area contributed by atoms with E-state index in [4.69, 9.17) is 0 Å². The Balaban J connectivity index is 2.50. The molecule has 2 heterocycles. The number of benzene rings is 1. The lowest BCUT2D eigenvalue weighted by Gasteiger charge is -2.20. The highest BCUT2D eigenvalue weighted by Crippen LogP contribution is 2.32. The summed E-state index contributed by atoms with van der Waals surface area (Å²) in [5.74, 6) is -1.30. The minimum Gasteiger partial charge on any atom is -0.478 e. The minimum atomic E-state index is -3.25. The Morgan fingerprint density at radius 3 is 2.57 bits per heavy atom. The molecule has 1 aliphatic heterocycles. The number of carboxylic acids is 1. The molecular formula is C15H15NO4S. The molecule has 2 aromatic rings. The standard InChI is InChI=1S/C15H15NO4S/c1-8-3-4-9(2)14-12(8)13(15(17)18)10-7-21(19,20)6-5-11(10)16-14/h3-4H,5-7H2,1-2H3,(H,17,18). The molecule has 1 aliphatic rings. The number of carbonyl (C=O) groups is 1. The smallest absolute Gasteiger partial charge is 0.336 e. The number of rotatable bonds is 1. The van der Waals surface area contributed by atoms with Gasteiger partial charge in [0.15, 0.2) is 9.84 Å². The van der Waals surface area contributed by atoms with Gasteiger partial charge in [0, 0.05) is 23.1 Å². The van der Waals surface area contributed by atoms with Gasteiger partial charge in [0.05, 0.1) is 22.6 Å². The minimum absolute atomic E-state index is 0.0302. The van der Waals surface area contributed by atoms with E-state index in [0.717, 1.165) is 11.1 Å². The van der Waals surface area contributed by atoms with Gasteiger partial charge >= 0.3 is 5.97 Å². The van der Waals surface area contributed by atoms with Crippen molar-refractivity contribution < 1.29 is 18.3 Å². The quantitative estimate of drug-likeness (QED) is 0.871. The molecule has 0 bridgehead atoms. The van der Waals surface area contributed by atoms with Crippen LogP contribution in [-0.2, 0) is 22.0 Å². The van der Waals surface area contributed by atoms with Crippen molar-refractivity contribution in [1.82, 2.24) is 4.98 Å². The third-order valence-electron chi connectivity index (χ3n) is 3.96. The Bertz CT molecular complexity index is 884. The Kier molecular flexibility index (Phi) is 3.02. The molecule has 0 saturated heterocycles. The van der Waals surface area contributed by atoms with Gasteiger partial charge in [-0.15, -0.1) is 0 Å². The van der Waals surface area contributed by atoms with E-state index in [0.29, 0.717) is 22.2 Å². The van der Waals surface area contributed by atoms with Crippen molar-refractivity contribution in [2.24, 2.45) is 0 Å². The lowest BCUT2D eigenvalue weighted by molar-refractivity contribution is 0.0698. The molecule has 0 unspecified atom stereocenters. The number of aromatic nitrogens is 1. The van der Waals surface area contributed by atoms with Gasteiger partial charge in [0.2, 0.25) is 0 Å². The maximum absolute atomic E-state index is 11.9. The summed E-state index contributed by atoms with van der Waals surface area (Å²) in [6.45, 7) is 3.70. The van der Waals surface area contributed by atoms with Gasteiger partial charge in [0.1, 0.15) is 0 Å². The Labute approximate surface area is 122 Å². The van der Waals surface area contributed by atoms with Gasteiger partial charge in [-0.2, -0.15) is 0 Å². The van der Waals surface area contributed by atoms with E-state index in [1.807, 2.05) is 26.0 Å². The lowest BCUT2D eigenvalue weighted by Crippen LogP contribution is -2.23. The van der Waals surface area contributed by atoms with Gasteiger partial charge in [0.25, 0.3) is 0 Å². The van der Waals surface area contributed by atoms with E-state index in [2.05, 4.69) is 4.98 Å². The molecule has 0 aliphatic carbocycles. The molecule has 6 heteroatoms. The first-order valence-corrected chi connectivity index (χ1v) is 8.47. The largest absolute Gasteiger partial charge is 0.478 e. The fraction of sp³-hybridized carbons (Fsp3) is 0.333. The molecule has 0 spiro atoms. The molecule has 0 atom stereocenters. The summed E-state index contributed by atoms with van der Waals surface area (Å²) in [4.78, 5) is 16.3. The second-order valence-electron chi connectivity index (χ2n) is 5.48. The number of fused-ring (bicyclic) bond motifs is 2. The maximum atomic E-state index is 11.9. The molecule has 0 amide bonds. The topological polar surface area (TPSA) is 84.3 Å². The number of sulfone groups is 1. The van der Waals surface area contributed by atoms with Crippen LogP contribution in [-0.4, -0.2) is 30.2 Å². The van der Waals surface area contributed by atoms with Crippen LogP contribution in [0.3, 0.4) is 0 Å². The monoisotopic (exact) mass is 305 g/mol. The summed E-state index contributed by atoms with van der Waals surface area (Å²) in [6, 6.07) is 3.75. The van der Waals surface area contributed by atoms with Gasteiger partial charge in [-0.1, -0.05) is 12.1 Å². The van der Waals surface area contributed by atoms with Crippen LogP contribution in [0.25, 0.3) is 10.9 Å². The van der Waals surface area contributed by atoms with Crippen LogP contribution in [0.2, 0.25) is 0 Å². The van der Waals surface area contributed by atoms with E-state index < -0.39 is 15.8 Å². The molecule has 1 aromatic carbocycles. The number of pyridine rings is 1. The third kappa shape index (κ3) is 2.19. The first kappa shape index (κ1) is 14.0. The summed E-state index contributed by atoms with van der Waals surface area (Å²) in [7, 11) is -3.25. The molecule has 0 fully saturated rings. The summed E-state index contributed by atoms with van der Waals surface area (Å²) < 4.78 is 23.7. The average molecular weight is 305 g/mol. The number of carboxylic acid groups (broad SMARTS) is 1. The number of aromatic carboxylic acids is 1. The Hall–Kier alpha value is -1.95. The van der Waals surface area contributed by atoms with Crippen LogP contribution < -0.4 is 0 Å². The van der Waals surface area contributed by atoms with E-state index in [9.17, 15) is 18.3 Å². The van der Waals surface area contributed by atoms with Crippen LogP contribution in [0.1, 0.15) is 32.7 Å². The summed E-state index contributed by atoms with van der Waals surface area (Å²) >= 11 is 0. The molecule has 1 N–H and O–H groups in total. The zero-order chi connectivity index (χ0) is 15.4. The first-order valence-electron chi connectivity index (χ1n) is 6.65. The summed E-state index contributed by atoms with van der Waals surface area (Å²) in [5, 5.41) is 10.2. The van der Waals surface area contributed by atoms with Crippen molar-refractivity contribution in [2.45, 2.75) is 26.0 Å². The highest BCUT2D eigenvalue weighted by molar-refractivity contribution is 7.90. The molecule has 0 saturated carbocycles. The second kappa shape index (κ2) is 4.53. The van der Waals surface area contributed by atoms with E-state index in [1.165, 1.54) is 0 Å². The van der Waals surface area contributed by atoms with Crippen LogP contribution in [0, 0.1) is 13.8 Å². The molecule has 0 radical (unpaired) electrons. The van der Waals surface area contributed by atoms with Crippen molar-refractivity contribution in [1.29, 1.82) is 0 Å². The average Bonchev–Trinajstić information content (AvgIpc) is 2.40. The van der Waals surface area contributed by atoms with Crippen molar-refractivity contribution in [2.75, 3.05) is 5.75 Å². The van der Waals surface area contributed by atoms with Gasteiger partial charge in [-0.05, 0) is 25.0 Å². The van der Waals surface area contributed by atoms with Crippen LogP contribution in [0.15, 0.2) is 12.1 Å². The van der Waals surface area contributed by atoms with Crippen molar-refractivity contribution in [3.8, 4) is 0 Å². The number of hydrogen-bond acceptors (Lipinski definition) is 4. The fourth-order valence-corrected chi connectivity index (χ4v) is 4.30. The summed E-state index contributed by atoms with van der Waals surface area (Å²) in [5.41, 5.74) is 3.41. The highest BCUT2D eigenvalue weighted by atomic mass is 32.2. The molecule has 3 rings (SSSR count). The highest BCUT2D eigenvalue weighted by Gasteiger charge is 2.29. The van der Waals surface area contributed by atoms with Gasteiger partial charge in [-0.3, -0.25) is 4.98 Å². The van der Waals surface area contributed by atoms with Crippen LogP contribution >= 0.6 is 0 Å². The van der Waals surface area contributed by atoms with Crippen molar-refractivity contribution in [3.63, 3.8) is 0 Å². The van der Waals surface area contributed by atoms with Crippen molar-refractivity contribution in [3.05, 3.63) is 40.1 Å². The van der Waals surface area contributed by atoms with E-state index in [-0.39, 0.29) is 23.5 Å². The Morgan fingerprint density at radius 1 is 1.24 bits per heavy atom. The SMILES string of the molecule is Cc1ccc(C)c2c(C(=O)O)c3c(nc12)CCS(=O)(=O)C3.